The minimum atomic E-state index is -2.66. The molecule has 0 aliphatic heterocycles. The van der Waals surface area contributed by atoms with Gasteiger partial charge in [-0.1, -0.05) is 0 Å². The largest absolute Gasteiger partial charge is 0.508 e. The van der Waals surface area contributed by atoms with Crippen molar-refractivity contribution in [3.05, 3.63) is 27.3 Å². The number of hydrogen-bond donors (Lipinski definition) is 2. The molecule has 0 bridgehead atoms. The Labute approximate surface area is 87.9 Å². The molecule has 0 saturated heterocycles. The van der Waals surface area contributed by atoms with Gasteiger partial charge < -0.3 is 10.8 Å². The third kappa shape index (κ3) is 2.50. The van der Waals surface area contributed by atoms with Crippen LogP contribution in [-0.4, -0.2) is 11.5 Å². The molecule has 2 nitrogen and oxygen atoms in total. The zero-order chi connectivity index (χ0) is 10.0. The van der Waals surface area contributed by atoms with Gasteiger partial charge in [0.2, 0.25) is 0 Å². The molecule has 5 heteroatoms. The molecule has 0 unspecified atom stereocenters. The average Bonchev–Trinajstić information content (AvgIpc) is 2.08. The van der Waals surface area contributed by atoms with E-state index in [1.165, 1.54) is 12.1 Å². The van der Waals surface area contributed by atoms with Crippen LogP contribution in [0, 0.1) is 3.57 Å². The summed E-state index contributed by atoms with van der Waals surface area (Å²) in [6.45, 7) is 0. The first-order valence-electron chi connectivity index (χ1n) is 3.54. The number of hydrogen-bond acceptors (Lipinski definition) is 2. The first kappa shape index (κ1) is 10.6. The zero-order valence-corrected chi connectivity index (χ0v) is 8.70. The van der Waals surface area contributed by atoms with Crippen LogP contribution in [0.25, 0.3) is 0 Å². The van der Waals surface area contributed by atoms with Crippen molar-refractivity contribution >= 4 is 22.6 Å². The number of alkyl halides is 2. The molecular weight excluding hydrogens is 291 g/mol. The minimum Gasteiger partial charge on any atom is -0.508 e. The van der Waals surface area contributed by atoms with Crippen LogP contribution >= 0.6 is 22.6 Å². The van der Waals surface area contributed by atoms with Gasteiger partial charge in [0.05, 0.1) is 6.04 Å². The molecule has 1 atom stereocenters. The van der Waals surface area contributed by atoms with Crippen molar-refractivity contribution in [1.29, 1.82) is 0 Å². The summed E-state index contributed by atoms with van der Waals surface area (Å²) in [6, 6.07) is 3.01. The standard InChI is InChI=1S/C8H8F2INO/c9-8(10)7(12)5-3-4(11)1-2-6(5)13/h1-3,7-8,13H,12H2/t7-/m1/s1. The van der Waals surface area contributed by atoms with E-state index >= 15 is 0 Å². The SMILES string of the molecule is N[C@H](c1cc(I)ccc1O)C(F)F. The molecule has 3 N–H and O–H groups in total. The second-order valence-corrected chi connectivity index (χ2v) is 3.81. The van der Waals surface area contributed by atoms with Crippen molar-refractivity contribution in [3.63, 3.8) is 0 Å². The van der Waals surface area contributed by atoms with E-state index in [0.29, 0.717) is 0 Å². The zero-order valence-electron chi connectivity index (χ0n) is 6.55. The van der Waals surface area contributed by atoms with Crippen LogP contribution < -0.4 is 5.73 Å². The summed E-state index contributed by atoms with van der Waals surface area (Å²) >= 11 is 1.97. The topological polar surface area (TPSA) is 46.2 Å². The molecule has 72 valence electrons. The molecule has 1 aromatic rings. The molecule has 1 rings (SSSR count). The van der Waals surface area contributed by atoms with Gasteiger partial charge in [-0.2, -0.15) is 0 Å². The van der Waals surface area contributed by atoms with Gasteiger partial charge in [0, 0.05) is 9.13 Å². The van der Waals surface area contributed by atoms with E-state index in [2.05, 4.69) is 0 Å². The number of aromatic hydroxyl groups is 1. The maximum atomic E-state index is 12.2. The van der Waals surface area contributed by atoms with Crippen LogP contribution in [0.5, 0.6) is 5.75 Å². The highest BCUT2D eigenvalue weighted by Gasteiger charge is 2.20. The van der Waals surface area contributed by atoms with E-state index in [-0.39, 0.29) is 11.3 Å². The lowest BCUT2D eigenvalue weighted by Gasteiger charge is -2.12. The third-order valence-electron chi connectivity index (χ3n) is 1.62. The fraction of sp³-hybridized carbons (Fsp3) is 0.250. The highest BCUT2D eigenvalue weighted by molar-refractivity contribution is 14.1. The lowest BCUT2D eigenvalue weighted by atomic mass is 10.1. The van der Waals surface area contributed by atoms with Crippen molar-refractivity contribution in [3.8, 4) is 5.75 Å². The van der Waals surface area contributed by atoms with Crippen molar-refractivity contribution < 1.29 is 13.9 Å². The fourth-order valence-corrected chi connectivity index (χ4v) is 1.44. The van der Waals surface area contributed by atoms with Gasteiger partial charge in [-0.3, -0.25) is 0 Å². The molecule has 0 heterocycles. The Balaban J connectivity index is 3.05. The second kappa shape index (κ2) is 4.19. The van der Waals surface area contributed by atoms with E-state index in [1.54, 1.807) is 6.07 Å². The quantitative estimate of drug-likeness (QED) is 0.823. The van der Waals surface area contributed by atoms with Gasteiger partial charge in [-0.05, 0) is 40.8 Å². The Morgan fingerprint density at radius 2 is 2.00 bits per heavy atom. The molecule has 0 fully saturated rings. The summed E-state index contributed by atoms with van der Waals surface area (Å²) < 4.78 is 25.1. The van der Waals surface area contributed by atoms with Gasteiger partial charge in [0.25, 0.3) is 6.43 Å². The molecule has 1 aromatic carbocycles. The normalized spacial score (nSPS) is 13.3. The van der Waals surface area contributed by atoms with E-state index in [9.17, 15) is 13.9 Å². The molecular formula is C8H8F2INO. The second-order valence-electron chi connectivity index (χ2n) is 2.56. The van der Waals surface area contributed by atoms with Gasteiger partial charge in [-0.25, -0.2) is 8.78 Å². The molecule has 0 radical (unpaired) electrons. The van der Waals surface area contributed by atoms with Gasteiger partial charge >= 0.3 is 0 Å². The van der Waals surface area contributed by atoms with E-state index in [0.717, 1.165) is 3.57 Å². The van der Waals surface area contributed by atoms with Crippen molar-refractivity contribution in [2.24, 2.45) is 5.73 Å². The lowest BCUT2D eigenvalue weighted by Crippen LogP contribution is -2.19. The number of phenols is 1. The summed E-state index contributed by atoms with van der Waals surface area (Å²) in [5, 5.41) is 9.24. The summed E-state index contributed by atoms with van der Waals surface area (Å²) in [6.07, 6.45) is -2.66. The van der Waals surface area contributed by atoms with Crippen LogP contribution in [0.15, 0.2) is 18.2 Å². The first-order chi connectivity index (χ1) is 6.02. The van der Waals surface area contributed by atoms with E-state index in [1.807, 2.05) is 22.6 Å². The fourth-order valence-electron chi connectivity index (χ4n) is 0.928. The lowest BCUT2D eigenvalue weighted by molar-refractivity contribution is 0.115. The molecule has 0 aromatic heterocycles. The van der Waals surface area contributed by atoms with Crippen LogP contribution in [0.1, 0.15) is 11.6 Å². The average molecular weight is 299 g/mol. The van der Waals surface area contributed by atoms with Crippen molar-refractivity contribution in [2.75, 3.05) is 0 Å². The number of nitrogens with two attached hydrogens (primary N) is 1. The van der Waals surface area contributed by atoms with Gasteiger partial charge in [-0.15, -0.1) is 0 Å². The molecule has 0 amide bonds. The first-order valence-corrected chi connectivity index (χ1v) is 4.62. The van der Waals surface area contributed by atoms with Gasteiger partial charge in [0.1, 0.15) is 5.75 Å². The smallest absolute Gasteiger partial charge is 0.257 e. The summed E-state index contributed by atoms with van der Waals surface area (Å²) in [4.78, 5) is 0. The van der Waals surface area contributed by atoms with Gasteiger partial charge in [0.15, 0.2) is 0 Å². The summed E-state index contributed by atoms with van der Waals surface area (Å²) in [5.74, 6) is -0.187. The van der Waals surface area contributed by atoms with E-state index in [4.69, 9.17) is 5.73 Å². The van der Waals surface area contributed by atoms with Crippen LogP contribution in [0.2, 0.25) is 0 Å². The number of benzene rings is 1. The molecule has 13 heavy (non-hydrogen) atoms. The summed E-state index contributed by atoms with van der Waals surface area (Å²) in [7, 11) is 0. The van der Waals surface area contributed by atoms with Crippen LogP contribution in [0.3, 0.4) is 0 Å². The highest BCUT2D eigenvalue weighted by Crippen LogP contribution is 2.27. The maximum Gasteiger partial charge on any atom is 0.257 e. The van der Waals surface area contributed by atoms with Crippen LogP contribution in [-0.2, 0) is 0 Å². The molecule has 0 saturated carbocycles. The minimum absolute atomic E-state index is 0.0851. The van der Waals surface area contributed by atoms with Crippen molar-refractivity contribution in [1.82, 2.24) is 0 Å². The Morgan fingerprint density at radius 3 is 2.54 bits per heavy atom. The number of rotatable bonds is 2. The number of halogens is 3. The Kier molecular flexibility index (Phi) is 3.43. The molecule has 0 aliphatic carbocycles. The van der Waals surface area contributed by atoms with E-state index < -0.39 is 12.5 Å². The summed E-state index contributed by atoms with van der Waals surface area (Å²) in [5.41, 5.74) is 5.28. The van der Waals surface area contributed by atoms with Crippen molar-refractivity contribution in [2.45, 2.75) is 12.5 Å². The highest BCUT2D eigenvalue weighted by atomic mass is 127. The Hall–Kier alpha value is -0.430. The molecule has 0 aliphatic rings. The Bertz CT molecular complexity index is 306. The molecule has 0 spiro atoms. The Morgan fingerprint density at radius 1 is 1.38 bits per heavy atom. The third-order valence-corrected chi connectivity index (χ3v) is 2.29. The maximum absolute atomic E-state index is 12.2. The predicted octanol–water partition coefficient (Wildman–Crippen LogP) is 2.26. The predicted molar refractivity (Wildman–Crippen MR) is 53.8 cm³/mol. The monoisotopic (exact) mass is 299 g/mol. The number of phenolic OH excluding ortho intramolecular Hbond substituents is 1. The van der Waals surface area contributed by atoms with Crippen LogP contribution in [0.4, 0.5) is 8.78 Å².